The van der Waals surface area contributed by atoms with Crippen molar-refractivity contribution in [1.82, 2.24) is 10.4 Å². The Labute approximate surface area is 186 Å². The Kier molecular flexibility index (Phi) is 5.94. The van der Waals surface area contributed by atoms with Crippen molar-refractivity contribution in [3.63, 3.8) is 0 Å². The largest absolute Gasteiger partial charge is 0.277 e. The maximum atomic E-state index is 14.9. The Morgan fingerprint density at radius 1 is 1.03 bits per heavy atom. The molecule has 0 aliphatic carbocycles. The highest BCUT2D eigenvalue weighted by molar-refractivity contribution is 7.92. The number of fused-ring (bicyclic) bond motifs is 1. The van der Waals surface area contributed by atoms with Crippen LogP contribution in [-0.2, 0) is 21.4 Å². The van der Waals surface area contributed by atoms with Crippen molar-refractivity contribution in [2.45, 2.75) is 11.4 Å². The van der Waals surface area contributed by atoms with Crippen molar-refractivity contribution in [3.05, 3.63) is 82.6 Å². The van der Waals surface area contributed by atoms with Crippen molar-refractivity contribution in [2.75, 3.05) is 17.0 Å². The first-order valence-electron chi connectivity index (χ1n) is 9.25. The van der Waals surface area contributed by atoms with Gasteiger partial charge in [-0.2, -0.15) is 5.17 Å². The van der Waals surface area contributed by atoms with Crippen LogP contribution in [0, 0.1) is 35.1 Å². The highest BCUT2D eigenvalue weighted by Crippen LogP contribution is 2.25. The van der Waals surface area contributed by atoms with Crippen LogP contribution in [0.4, 0.5) is 29.1 Å². The van der Waals surface area contributed by atoms with E-state index in [1.165, 1.54) is 12.3 Å². The average Bonchev–Trinajstić information content (AvgIpc) is 3.19. The minimum atomic E-state index is -4.49. The molecule has 170 valence electrons. The molecule has 0 amide bonds. The fraction of sp³-hybridized carbons (Fsp3) is 0.0952. The van der Waals surface area contributed by atoms with Crippen molar-refractivity contribution in [1.29, 1.82) is 0 Å². The van der Waals surface area contributed by atoms with Crippen molar-refractivity contribution >= 4 is 21.5 Å². The third kappa shape index (κ3) is 4.47. The van der Waals surface area contributed by atoms with Gasteiger partial charge in [-0.05, 0) is 42.3 Å². The maximum Gasteiger partial charge on any atom is 0.262 e. The molecule has 1 aromatic heterocycles. The van der Waals surface area contributed by atoms with Crippen LogP contribution in [0.25, 0.3) is 0 Å². The summed E-state index contributed by atoms with van der Waals surface area (Å²) in [5, 5.41) is 1.31. The lowest BCUT2D eigenvalue weighted by Crippen LogP contribution is -2.31. The fourth-order valence-electron chi connectivity index (χ4n) is 2.96. The predicted molar refractivity (Wildman–Crippen MR) is 110 cm³/mol. The van der Waals surface area contributed by atoms with Crippen molar-refractivity contribution in [2.24, 2.45) is 0 Å². The van der Waals surface area contributed by atoms with E-state index in [4.69, 9.17) is 4.84 Å². The minimum absolute atomic E-state index is 0.186. The van der Waals surface area contributed by atoms with Crippen LogP contribution in [0.3, 0.4) is 0 Å². The zero-order valence-electron chi connectivity index (χ0n) is 16.8. The van der Waals surface area contributed by atoms with E-state index in [-0.39, 0.29) is 5.69 Å². The van der Waals surface area contributed by atoms with Gasteiger partial charge < -0.3 is 0 Å². The van der Waals surface area contributed by atoms with E-state index in [0.29, 0.717) is 24.5 Å². The van der Waals surface area contributed by atoms with Gasteiger partial charge in [-0.3, -0.25) is 9.56 Å². The zero-order valence-corrected chi connectivity index (χ0v) is 17.6. The van der Waals surface area contributed by atoms with Gasteiger partial charge in [0.05, 0.1) is 23.3 Å². The second-order valence-corrected chi connectivity index (χ2v) is 8.39. The normalized spacial score (nSPS) is 12.8. The minimum Gasteiger partial charge on any atom is -0.277 e. The van der Waals surface area contributed by atoms with E-state index >= 15 is 0 Å². The average molecular weight is 478 g/mol. The van der Waals surface area contributed by atoms with Crippen LogP contribution in [0.2, 0.25) is 0 Å². The quantitative estimate of drug-likeness (QED) is 0.443. The van der Waals surface area contributed by atoms with E-state index in [9.17, 15) is 26.0 Å². The Morgan fingerprint density at radius 2 is 1.79 bits per heavy atom. The summed E-state index contributed by atoms with van der Waals surface area (Å²) in [6, 6.07) is 6.81. The molecule has 0 fully saturated rings. The Morgan fingerprint density at radius 3 is 2.52 bits per heavy atom. The molecule has 0 saturated carbocycles. The SMILES string of the molecule is CON1NCc2ccc(C#Cc3c(F)ccc(NS(=O)(=O)c4ccc(F)c(F)c4)c3F)nc21. The molecule has 4 rings (SSSR count). The molecule has 0 unspecified atom stereocenters. The lowest BCUT2D eigenvalue weighted by atomic mass is 10.1. The van der Waals surface area contributed by atoms with Crippen LogP contribution >= 0.6 is 0 Å². The van der Waals surface area contributed by atoms with Gasteiger partial charge in [0, 0.05) is 12.1 Å². The van der Waals surface area contributed by atoms with Crippen LogP contribution in [0.15, 0.2) is 47.4 Å². The summed E-state index contributed by atoms with van der Waals surface area (Å²) in [5.41, 5.74) is 2.60. The summed E-state index contributed by atoms with van der Waals surface area (Å²) in [5.74, 6) is 0.339. The van der Waals surface area contributed by atoms with E-state index in [1.54, 1.807) is 12.1 Å². The number of hydrazine groups is 1. The molecule has 2 N–H and O–H groups in total. The molecule has 0 atom stereocenters. The fourth-order valence-corrected chi connectivity index (χ4v) is 4.03. The zero-order chi connectivity index (χ0) is 23.8. The summed E-state index contributed by atoms with van der Waals surface area (Å²) in [6.45, 7) is 0.479. The molecular formula is C21H14F4N4O3S. The predicted octanol–water partition coefficient (Wildman–Crippen LogP) is 3.22. The first-order chi connectivity index (χ1) is 15.7. The highest BCUT2D eigenvalue weighted by Gasteiger charge is 2.22. The Bertz CT molecular complexity index is 1420. The Balaban J connectivity index is 1.66. The number of hydrogen-bond donors (Lipinski definition) is 2. The van der Waals surface area contributed by atoms with Gasteiger partial charge in [-0.1, -0.05) is 12.0 Å². The van der Waals surface area contributed by atoms with Gasteiger partial charge in [0.1, 0.15) is 11.5 Å². The third-order valence-corrected chi connectivity index (χ3v) is 5.96. The topological polar surface area (TPSA) is 83.6 Å². The molecule has 33 heavy (non-hydrogen) atoms. The standard InChI is InChI=1S/C21H14F4N4O3S/c1-32-29-21-12(11-26-29)2-3-13(27-21)4-6-15-16(22)8-9-19(20(15)25)28-33(30,31)14-5-7-17(23)18(24)10-14/h2-3,5,7-10,26,28H,11H2,1H3. The first kappa shape index (κ1) is 22.5. The number of sulfonamides is 1. The first-order valence-corrected chi connectivity index (χ1v) is 10.7. The number of aromatic nitrogens is 1. The second-order valence-electron chi connectivity index (χ2n) is 6.71. The number of benzene rings is 2. The van der Waals surface area contributed by atoms with Gasteiger partial charge in [0.15, 0.2) is 23.3 Å². The molecule has 0 spiro atoms. The molecule has 1 aliphatic rings. The molecule has 0 saturated heterocycles. The van der Waals surface area contributed by atoms with Gasteiger partial charge >= 0.3 is 0 Å². The number of halogens is 4. The summed E-state index contributed by atoms with van der Waals surface area (Å²) in [6.07, 6.45) is 0. The molecule has 1 aliphatic heterocycles. The number of anilines is 2. The summed E-state index contributed by atoms with van der Waals surface area (Å²) in [4.78, 5) is 8.71. The summed E-state index contributed by atoms with van der Waals surface area (Å²) in [7, 11) is -3.06. The van der Waals surface area contributed by atoms with Gasteiger partial charge in [0.2, 0.25) is 0 Å². The highest BCUT2D eigenvalue weighted by atomic mass is 32.2. The molecule has 12 heteroatoms. The molecule has 7 nitrogen and oxygen atoms in total. The lowest BCUT2D eigenvalue weighted by Gasteiger charge is -2.13. The number of nitrogens with zero attached hydrogens (tertiary/aromatic N) is 2. The van der Waals surface area contributed by atoms with Crippen molar-refractivity contribution in [3.8, 4) is 11.8 Å². The molecule has 2 heterocycles. The summed E-state index contributed by atoms with van der Waals surface area (Å²) >= 11 is 0. The molecule has 2 aromatic carbocycles. The lowest BCUT2D eigenvalue weighted by molar-refractivity contribution is 0.140. The van der Waals surface area contributed by atoms with Crippen LogP contribution in [-0.4, -0.2) is 20.5 Å². The van der Waals surface area contributed by atoms with E-state index in [2.05, 4.69) is 22.3 Å². The van der Waals surface area contributed by atoms with Gasteiger partial charge in [-0.15, -0.1) is 0 Å². The number of rotatable bonds is 4. The maximum absolute atomic E-state index is 14.9. The molecule has 0 bridgehead atoms. The van der Waals surface area contributed by atoms with E-state index < -0.39 is 49.4 Å². The smallest absolute Gasteiger partial charge is 0.262 e. The van der Waals surface area contributed by atoms with Crippen LogP contribution in [0.1, 0.15) is 16.8 Å². The second kappa shape index (κ2) is 8.70. The molecular weight excluding hydrogens is 464 g/mol. The van der Waals surface area contributed by atoms with Crippen LogP contribution in [0.5, 0.6) is 0 Å². The third-order valence-electron chi connectivity index (χ3n) is 4.60. The number of hydrogen-bond acceptors (Lipinski definition) is 6. The number of nitrogens with one attached hydrogen (secondary N) is 2. The molecule has 0 radical (unpaired) electrons. The van der Waals surface area contributed by atoms with E-state index in [0.717, 1.165) is 23.8 Å². The monoisotopic (exact) mass is 478 g/mol. The van der Waals surface area contributed by atoms with Crippen molar-refractivity contribution < 1.29 is 30.8 Å². The van der Waals surface area contributed by atoms with Crippen LogP contribution < -0.4 is 15.3 Å². The van der Waals surface area contributed by atoms with Gasteiger partial charge in [0.25, 0.3) is 10.0 Å². The Hall–Kier alpha value is -3.66. The number of pyridine rings is 1. The van der Waals surface area contributed by atoms with Gasteiger partial charge in [-0.25, -0.2) is 36.4 Å². The van der Waals surface area contributed by atoms with E-state index in [1.807, 2.05) is 4.72 Å². The molecule has 3 aromatic rings. The summed E-state index contributed by atoms with van der Waals surface area (Å²) < 4.78 is 82.4.